The van der Waals surface area contributed by atoms with E-state index in [1.54, 1.807) is 0 Å². The third kappa shape index (κ3) is 4.61. The zero-order valence-corrected chi connectivity index (χ0v) is 16.5. The lowest BCUT2D eigenvalue weighted by Crippen LogP contribution is -2.01. The topological polar surface area (TPSA) is 21.6 Å². The SMILES string of the molecule is CCOC(=CC(=Nc1ccccc1)c1ccc2ccccc2c1)c1ccccc1. The van der Waals surface area contributed by atoms with Gasteiger partial charge in [-0.3, -0.25) is 0 Å². The first-order valence-electron chi connectivity index (χ1n) is 9.86. The average Bonchev–Trinajstić information content (AvgIpc) is 2.79. The molecule has 4 aromatic rings. The Labute approximate surface area is 171 Å². The summed E-state index contributed by atoms with van der Waals surface area (Å²) in [6.07, 6.45) is 2.04. The molecule has 0 unspecified atom stereocenters. The molecule has 0 N–H and O–H groups in total. The van der Waals surface area contributed by atoms with Gasteiger partial charge in [0.2, 0.25) is 0 Å². The maximum absolute atomic E-state index is 5.99. The number of aliphatic imine (C=N–C) groups is 1. The Kier molecular flexibility index (Phi) is 5.82. The minimum Gasteiger partial charge on any atom is -0.493 e. The van der Waals surface area contributed by atoms with Crippen LogP contribution in [0.1, 0.15) is 18.1 Å². The smallest absolute Gasteiger partial charge is 0.128 e. The standard InChI is InChI=1S/C27H23NO/c1-2-29-27(22-12-5-3-6-13-22)20-26(28-25-15-7-4-8-16-25)24-18-17-21-11-9-10-14-23(21)19-24/h3-20H,2H2,1H3. The van der Waals surface area contributed by atoms with E-state index in [1.165, 1.54) is 10.8 Å². The molecule has 0 aliphatic rings. The predicted molar refractivity (Wildman–Crippen MR) is 123 cm³/mol. The third-order valence-electron chi connectivity index (χ3n) is 4.68. The van der Waals surface area contributed by atoms with Crippen molar-refractivity contribution in [1.29, 1.82) is 0 Å². The van der Waals surface area contributed by atoms with Crippen molar-refractivity contribution in [3.63, 3.8) is 0 Å². The molecule has 142 valence electrons. The van der Waals surface area contributed by atoms with Gasteiger partial charge in [0.15, 0.2) is 0 Å². The summed E-state index contributed by atoms with van der Waals surface area (Å²) in [6.45, 7) is 2.60. The van der Waals surface area contributed by atoms with Crippen molar-refractivity contribution in [1.82, 2.24) is 0 Å². The van der Waals surface area contributed by atoms with E-state index < -0.39 is 0 Å². The normalized spacial score (nSPS) is 12.2. The number of nitrogens with zero attached hydrogens (tertiary/aromatic N) is 1. The molecule has 0 saturated carbocycles. The van der Waals surface area contributed by atoms with Crippen LogP contribution in [-0.4, -0.2) is 12.3 Å². The highest BCUT2D eigenvalue weighted by Gasteiger charge is 2.08. The molecule has 4 aromatic carbocycles. The molecule has 0 bridgehead atoms. The van der Waals surface area contributed by atoms with Gasteiger partial charge in [0.05, 0.1) is 18.0 Å². The largest absolute Gasteiger partial charge is 0.493 e. The number of ether oxygens (including phenoxy) is 1. The fourth-order valence-electron chi connectivity index (χ4n) is 3.26. The lowest BCUT2D eigenvalue weighted by Gasteiger charge is -2.11. The first-order valence-corrected chi connectivity index (χ1v) is 9.86. The summed E-state index contributed by atoms with van der Waals surface area (Å²) in [5.74, 6) is 0.816. The lowest BCUT2D eigenvalue weighted by atomic mass is 10.0. The van der Waals surface area contributed by atoms with Crippen LogP contribution < -0.4 is 0 Å². The van der Waals surface area contributed by atoms with Gasteiger partial charge < -0.3 is 4.74 Å². The van der Waals surface area contributed by atoms with Crippen molar-refractivity contribution in [2.45, 2.75) is 6.92 Å². The van der Waals surface area contributed by atoms with Gasteiger partial charge in [-0.15, -0.1) is 0 Å². The van der Waals surface area contributed by atoms with Gasteiger partial charge in [0, 0.05) is 17.2 Å². The highest BCUT2D eigenvalue weighted by molar-refractivity contribution is 6.14. The van der Waals surface area contributed by atoms with Crippen LogP contribution in [0.25, 0.3) is 16.5 Å². The molecule has 0 aliphatic carbocycles. The minimum atomic E-state index is 0.594. The predicted octanol–water partition coefficient (Wildman–Crippen LogP) is 7.04. The Morgan fingerprint density at radius 3 is 2.10 bits per heavy atom. The minimum absolute atomic E-state index is 0.594. The quantitative estimate of drug-likeness (QED) is 0.261. The first-order chi connectivity index (χ1) is 14.3. The van der Waals surface area contributed by atoms with Gasteiger partial charge in [-0.25, -0.2) is 4.99 Å². The molecule has 0 heterocycles. The van der Waals surface area contributed by atoms with Gasteiger partial charge in [-0.1, -0.05) is 84.9 Å². The van der Waals surface area contributed by atoms with Gasteiger partial charge in [-0.05, 0) is 35.9 Å². The van der Waals surface area contributed by atoms with Crippen molar-refractivity contribution >= 4 is 27.9 Å². The van der Waals surface area contributed by atoms with Crippen molar-refractivity contribution in [3.8, 4) is 0 Å². The van der Waals surface area contributed by atoms with Gasteiger partial charge >= 0.3 is 0 Å². The maximum Gasteiger partial charge on any atom is 0.128 e. The van der Waals surface area contributed by atoms with Crippen LogP contribution in [0.15, 0.2) is 114 Å². The summed E-state index contributed by atoms with van der Waals surface area (Å²) in [5, 5.41) is 2.41. The van der Waals surface area contributed by atoms with E-state index in [9.17, 15) is 0 Å². The zero-order valence-electron chi connectivity index (χ0n) is 16.5. The second kappa shape index (κ2) is 9.03. The van der Waals surface area contributed by atoms with E-state index in [1.807, 2.05) is 61.5 Å². The molecule has 0 atom stereocenters. The number of hydrogen-bond acceptors (Lipinski definition) is 2. The summed E-state index contributed by atoms with van der Waals surface area (Å²) in [7, 11) is 0. The highest BCUT2D eigenvalue weighted by Crippen LogP contribution is 2.22. The fraction of sp³-hybridized carbons (Fsp3) is 0.0741. The summed E-state index contributed by atoms with van der Waals surface area (Å²) in [5.41, 5.74) is 3.88. The molecule has 0 aliphatic heterocycles. The Morgan fingerprint density at radius 1 is 0.724 bits per heavy atom. The number of para-hydroxylation sites is 1. The van der Waals surface area contributed by atoms with E-state index in [0.717, 1.165) is 28.3 Å². The molecule has 0 amide bonds. The van der Waals surface area contributed by atoms with E-state index in [0.29, 0.717) is 6.61 Å². The van der Waals surface area contributed by atoms with Crippen molar-refractivity contribution in [3.05, 3.63) is 120 Å². The van der Waals surface area contributed by atoms with E-state index in [2.05, 4.69) is 54.6 Å². The zero-order chi connectivity index (χ0) is 19.9. The summed E-state index contributed by atoms with van der Waals surface area (Å²) < 4.78 is 5.99. The van der Waals surface area contributed by atoms with Crippen LogP contribution in [0.4, 0.5) is 5.69 Å². The molecule has 0 saturated heterocycles. The number of fused-ring (bicyclic) bond motifs is 1. The Bertz CT molecular complexity index is 1140. The monoisotopic (exact) mass is 377 g/mol. The van der Waals surface area contributed by atoms with Crippen molar-refractivity contribution < 1.29 is 4.74 Å². The molecular formula is C27H23NO. The molecule has 2 heteroatoms. The molecule has 0 aromatic heterocycles. The molecule has 4 rings (SSSR count). The second-order valence-electron chi connectivity index (χ2n) is 6.70. The second-order valence-corrected chi connectivity index (χ2v) is 6.70. The number of rotatable bonds is 6. The summed E-state index contributed by atoms with van der Waals surface area (Å²) in [4.78, 5) is 4.94. The Hall–Kier alpha value is -3.65. The van der Waals surface area contributed by atoms with Gasteiger partial charge in [0.1, 0.15) is 5.76 Å². The van der Waals surface area contributed by atoms with Gasteiger partial charge in [0.25, 0.3) is 0 Å². The molecule has 0 fully saturated rings. The Balaban J connectivity index is 1.86. The molecule has 29 heavy (non-hydrogen) atoms. The lowest BCUT2D eigenvalue weighted by molar-refractivity contribution is 0.298. The average molecular weight is 377 g/mol. The van der Waals surface area contributed by atoms with Crippen molar-refractivity contribution in [2.24, 2.45) is 4.99 Å². The molecule has 0 spiro atoms. The van der Waals surface area contributed by atoms with Crippen LogP contribution in [0.2, 0.25) is 0 Å². The number of allylic oxidation sites excluding steroid dienone is 1. The van der Waals surface area contributed by atoms with Crippen molar-refractivity contribution in [2.75, 3.05) is 6.61 Å². The summed E-state index contributed by atoms with van der Waals surface area (Å²) >= 11 is 0. The van der Waals surface area contributed by atoms with E-state index in [-0.39, 0.29) is 0 Å². The van der Waals surface area contributed by atoms with E-state index in [4.69, 9.17) is 9.73 Å². The first kappa shape index (κ1) is 18.7. The molecule has 0 radical (unpaired) electrons. The van der Waals surface area contributed by atoms with Gasteiger partial charge in [-0.2, -0.15) is 0 Å². The maximum atomic E-state index is 5.99. The van der Waals surface area contributed by atoms with E-state index >= 15 is 0 Å². The fourth-order valence-corrected chi connectivity index (χ4v) is 3.26. The van der Waals surface area contributed by atoms with Crippen LogP contribution >= 0.6 is 0 Å². The number of hydrogen-bond donors (Lipinski definition) is 0. The molecule has 2 nitrogen and oxygen atoms in total. The highest BCUT2D eigenvalue weighted by atomic mass is 16.5. The third-order valence-corrected chi connectivity index (χ3v) is 4.68. The van der Waals surface area contributed by atoms with Crippen LogP contribution in [-0.2, 0) is 4.74 Å². The summed E-state index contributed by atoms with van der Waals surface area (Å²) in [6, 6.07) is 35.0. The van der Waals surface area contributed by atoms with Crippen LogP contribution in [0.3, 0.4) is 0 Å². The Morgan fingerprint density at radius 2 is 1.38 bits per heavy atom. The van der Waals surface area contributed by atoms with Crippen LogP contribution in [0.5, 0.6) is 0 Å². The molecular weight excluding hydrogens is 354 g/mol. The van der Waals surface area contributed by atoms with Crippen LogP contribution in [0, 0.1) is 0 Å². The number of benzene rings is 4.